The highest BCUT2D eigenvalue weighted by atomic mass is 16.5. The average molecular weight is 200 g/mol. The molecule has 80 valence electrons. The van der Waals surface area contributed by atoms with E-state index in [1.165, 1.54) is 0 Å². The zero-order valence-corrected chi connectivity index (χ0v) is 8.64. The first kappa shape index (κ1) is 11.1. The number of aliphatic hydroxyl groups is 1. The lowest BCUT2D eigenvalue weighted by molar-refractivity contribution is 0.146. The Labute approximate surface area is 82.7 Å². The standard InChI is InChI=1S/C8H16N4O2/c1-5(13)7(9)8-10-6(11-14-8)4-12(2)3/h5,7,13H,4,9H2,1-3H3. The molecule has 2 unspecified atom stereocenters. The minimum absolute atomic E-state index is 0.275. The van der Waals surface area contributed by atoms with Crippen molar-refractivity contribution in [3.05, 3.63) is 11.7 Å². The largest absolute Gasteiger partial charge is 0.391 e. The first-order valence-electron chi connectivity index (χ1n) is 4.41. The molecule has 0 aromatic carbocycles. The van der Waals surface area contributed by atoms with E-state index < -0.39 is 12.1 Å². The second-order valence-electron chi connectivity index (χ2n) is 3.55. The molecule has 0 fully saturated rings. The molecule has 0 aliphatic carbocycles. The Balaban J connectivity index is 2.67. The molecule has 1 aromatic heterocycles. The zero-order valence-electron chi connectivity index (χ0n) is 8.64. The van der Waals surface area contributed by atoms with Crippen molar-refractivity contribution in [2.45, 2.75) is 25.6 Å². The molecule has 0 saturated carbocycles. The van der Waals surface area contributed by atoms with E-state index in [1.807, 2.05) is 19.0 Å². The van der Waals surface area contributed by atoms with Gasteiger partial charge in [0.05, 0.1) is 12.6 Å². The predicted molar refractivity (Wildman–Crippen MR) is 50.3 cm³/mol. The van der Waals surface area contributed by atoms with Crippen molar-refractivity contribution in [1.29, 1.82) is 0 Å². The minimum Gasteiger partial charge on any atom is -0.391 e. The Morgan fingerprint density at radius 2 is 2.21 bits per heavy atom. The number of nitrogens with zero attached hydrogens (tertiary/aromatic N) is 3. The van der Waals surface area contributed by atoms with Gasteiger partial charge in [-0.2, -0.15) is 4.98 Å². The molecular weight excluding hydrogens is 184 g/mol. The molecule has 6 heteroatoms. The van der Waals surface area contributed by atoms with Gasteiger partial charge in [-0.3, -0.25) is 0 Å². The highest BCUT2D eigenvalue weighted by Gasteiger charge is 2.19. The molecule has 1 rings (SSSR count). The second kappa shape index (κ2) is 4.50. The van der Waals surface area contributed by atoms with Crippen molar-refractivity contribution in [1.82, 2.24) is 15.0 Å². The molecule has 0 aliphatic rings. The minimum atomic E-state index is -0.692. The number of hydrogen-bond donors (Lipinski definition) is 2. The zero-order chi connectivity index (χ0) is 10.7. The Hall–Kier alpha value is -0.980. The van der Waals surface area contributed by atoms with Gasteiger partial charge in [0.1, 0.15) is 6.04 Å². The summed E-state index contributed by atoms with van der Waals surface area (Å²) in [4.78, 5) is 5.99. The Morgan fingerprint density at radius 1 is 1.57 bits per heavy atom. The fourth-order valence-corrected chi connectivity index (χ4v) is 0.956. The van der Waals surface area contributed by atoms with Crippen molar-refractivity contribution in [2.24, 2.45) is 5.73 Å². The summed E-state index contributed by atoms with van der Waals surface area (Å²) >= 11 is 0. The second-order valence-corrected chi connectivity index (χ2v) is 3.55. The van der Waals surface area contributed by atoms with Crippen LogP contribution in [0.25, 0.3) is 0 Å². The van der Waals surface area contributed by atoms with Gasteiger partial charge in [-0.25, -0.2) is 0 Å². The molecule has 0 radical (unpaired) electrons. The van der Waals surface area contributed by atoms with Crippen LogP contribution in [0.4, 0.5) is 0 Å². The van der Waals surface area contributed by atoms with Gasteiger partial charge < -0.3 is 20.3 Å². The molecule has 0 saturated heterocycles. The smallest absolute Gasteiger partial charge is 0.246 e. The van der Waals surface area contributed by atoms with Gasteiger partial charge in [-0.15, -0.1) is 0 Å². The quantitative estimate of drug-likeness (QED) is 0.682. The lowest BCUT2D eigenvalue weighted by Crippen LogP contribution is -2.23. The Morgan fingerprint density at radius 3 is 2.71 bits per heavy atom. The maximum absolute atomic E-state index is 9.20. The lowest BCUT2D eigenvalue weighted by atomic mass is 10.2. The molecule has 14 heavy (non-hydrogen) atoms. The van der Waals surface area contributed by atoms with E-state index in [4.69, 9.17) is 10.3 Å². The van der Waals surface area contributed by atoms with Crippen molar-refractivity contribution < 1.29 is 9.63 Å². The average Bonchev–Trinajstić information content (AvgIpc) is 2.50. The van der Waals surface area contributed by atoms with Crippen LogP contribution in [0, 0.1) is 0 Å². The van der Waals surface area contributed by atoms with E-state index in [2.05, 4.69) is 10.1 Å². The van der Waals surface area contributed by atoms with Gasteiger partial charge >= 0.3 is 0 Å². The number of aliphatic hydroxyl groups excluding tert-OH is 1. The maximum atomic E-state index is 9.20. The fourth-order valence-electron chi connectivity index (χ4n) is 0.956. The molecule has 3 N–H and O–H groups in total. The maximum Gasteiger partial charge on any atom is 0.246 e. The van der Waals surface area contributed by atoms with Crippen LogP contribution >= 0.6 is 0 Å². The van der Waals surface area contributed by atoms with Crippen LogP contribution in [0.2, 0.25) is 0 Å². The van der Waals surface area contributed by atoms with Crippen LogP contribution in [0.3, 0.4) is 0 Å². The Kier molecular flexibility index (Phi) is 3.56. The normalized spacial score (nSPS) is 15.9. The molecule has 2 atom stereocenters. The van der Waals surface area contributed by atoms with Crippen LogP contribution in [0.1, 0.15) is 24.7 Å². The SMILES string of the molecule is CC(O)C(N)c1nc(CN(C)C)no1. The third kappa shape index (κ3) is 2.76. The summed E-state index contributed by atoms with van der Waals surface area (Å²) < 4.78 is 4.92. The molecule has 0 spiro atoms. The van der Waals surface area contributed by atoms with Gasteiger partial charge in [-0.05, 0) is 21.0 Å². The van der Waals surface area contributed by atoms with E-state index >= 15 is 0 Å². The number of rotatable bonds is 4. The highest BCUT2D eigenvalue weighted by molar-refractivity contribution is 4.93. The summed E-state index contributed by atoms with van der Waals surface area (Å²) in [5.41, 5.74) is 5.62. The molecule has 1 heterocycles. The van der Waals surface area contributed by atoms with E-state index in [0.29, 0.717) is 12.4 Å². The summed E-state index contributed by atoms with van der Waals surface area (Å²) in [6.45, 7) is 2.18. The predicted octanol–water partition coefficient (Wildman–Crippen LogP) is -0.488. The van der Waals surface area contributed by atoms with Crippen molar-refractivity contribution >= 4 is 0 Å². The van der Waals surface area contributed by atoms with Gasteiger partial charge in [0.25, 0.3) is 0 Å². The monoisotopic (exact) mass is 200 g/mol. The van der Waals surface area contributed by atoms with Crippen LogP contribution < -0.4 is 5.73 Å². The molecule has 0 aliphatic heterocycles. The van der Waals surface area contributed by atoms with Crippen LogP contribution in [-0.4, -0.2) is 40.3 Å². The van der Waals surface area contributed by atoms with E-state index in [9.17, 15) is 5.11 Å². The highest BCUT2D eigenvalue weighted by Crippen LogP contribution is 2.11. The van der Waals surface area contributed by atoms with Crippen LogP contribution in [0.5, 0.6) is 0 Å². The number of aromatic nitrogens is 2. The van der Waals surface area contributed by atoms with Gasteiger partial charge in [0.15, 0.2) is 5.82 Å². The first-order chi connectivity index (χ1) is 6.50. The van der Waals surface area contributed by atoms with E-state index in [1.54, 1.807) is 6.92 Å². The van der Waals surface area contributed by atoms with Crippen molar-refractivity contribution in [3.63, 3.8) is 0 Å². The third-order valence-electron chi connectivity index (χ3n) is 1.75. The van der Waals surface area contributed by atoms with Gasteiger partial charge in [0, 0.05) is 0 Å². The van der Waals surface area contributed by atoms with Crippen molar-refractivity contribution in [3.8, 4) is 0 Å². The van der Waals surface area contributed by atoms with Crippen LogP contribution in [0.15, 0.2) is 4.52 Å². The van der Waals surface area contributed by atoms with Gasteiger partial charge in [-0.1, -0.05) is 5.16 Å². The Bertz CT molecular complexity index is 285. The topological polar surface area (TPSA) is 88.4 Å². The molecular formula is C8H16N4O2. The molecule has 1 aromatic rings. The summed E-state index contributed by atoms with van der Waals surface area (Å²) in [6, 6.07) is -0.613. The van der Waals surface area contributed by atoms with E-state index in [-0.39, 0.29) is 5.89 Å². The molecule has 6 nitrogen and oxygen atoms in total. The summed E-state index contributed by atoms with van der Waals surface area (Å²) in [5, 5.41) is 12.9. The van der Waals surface area contributed by atoms with Crippen molar-refractivity contribution in [2.75, 3.05) is 14.1 Å². The number of nitrogens with two attached hydrogens (primary N) is 1. The summed E-state index contributed by atoms with van der Waals surface area (Å²) in [5.74, 6) is 0.845. The van der Waals surface area contributed by atoms with Gasteiger partial charge in [0.2, 0.25) is 5.89 Å². The summed E-state index contributed by atoms with van der Waals surface area (Å²) in [7, 11) is 3.81. The number of hydrogen-bond acceptors (Lipinski definition) is 6. The van der Waals surface area contributed by atoms with Crippen LogP contribution in [-0.2, 0) is 6.54 Å². The first-order valence-corrected chi connectivity index (χ1v) is 4.41. The summed E-state index contributed by atoms with van der Waals surface area (Å²) in [6.07, 6.45) is -0.692. The third-order valence-corrected chi connectivity index (χ3v) is 1.75. The van der Waals surface area contributed by atoms with E-state index in [0.717, 1.165) is 0 Å². The fraction of sp³-hybridized carbons (Fsp3) is 0.750. The lowest BCUT2D eigenvalue weighted by Gasteiger charge is -2.08. The molecule has 0 bridgehead atoms. The molecule has 0 amide bonds.